The molecule has 6 heteroatoms. The van der Waals surface area contributed by atoms with Gasteiger partial charge in [0.05, 0.1) is 0 Å². The van der Waals surface area contributed by atoms with E-state index in [-0.39, 0.29) is 11.8 Å². The molecule has 1 saturated heterocycles. The van der Waals surface area contributed by atoms with Crippen LogP contribution in [-0.4, -0.2) is 28.4 Å². The molecule has 4 rings (SSSR count). The third-order valence-corrected chi connectivity index (χ3v) is 5.89. The maximum atomic E-state index is 12.4. The normalized spacial score (nSPS) is 18.4. The molecule has 25 heavy (non-hydrogen) atoms. The third-order valence-electron chi connectivity index (χ3n) is 5.10. The van der Waals surface area contributed by atoms with Crippen molar-refractivity contribution >= 4 is 22.6 Å². The minimum atomic E-state index is 0.109. The smallest absolute Gasteiger partial charge is 0.223 e. The molecule has 2 aliphatic rings. The second kappa shape index (κ2) is 7.12. The maximum Gasteiger partial charge on any atom is 0.223 e. The Hall–Kier alpha value is -1.95. The number of amides is 1. The number of anilines is 1. The quantitative estimate of drug-likeness (QED) is 0.893. The number of piperidine rings is 1. The lowest BCUT2D eigenvalue weighted by Gasteiger charge is -2.30. The summed E-state index contributed by atoms with van der Waals surface area (Å²) in [6, 6.07) is 8.31. The van der Waals surface area contributed by atoms with Crippen LogP contribution in [0.3, 0.4) is 0 Å². The molecule has 1 N–H and O–H groups in total. The van der Waals surface area contributed by atoms with Crippen molar-refractivity contribution in [3.05, 3.63) is 41.2 Å². The summed E-state index contributed by atoms with van der Waals surface area (Å²) in [6.07, 6.45) is 4.24. The van der Waals surface area contributed by atoms with Gasteiger partial charge in [0.2, 0.25) is 11.0 Å². The first-order valence-electron chi connectivity index (χ1n) is 9.11. The molecule has 2 aromatic rings. The lowest BCUT2D eigenvalue weighted by molar-refractivity contribution is -0.125. The van der Waals surface area contributed by atoms with Gasteiger partial charge >= 0.3 is 0 Å². The number of nitrogens with zero attached hydrogens (tertiary/aromatic N) is 3. The van der Waals surface area contributed by atoms with Gasteiger partial charge in [-0.15, -0.1) is 0 Å². The van der Waals surface area contributed by atoms with Crippen molar-refractivity contribution in [2.24, 2.45) is 5.92 Å². The first kappa shape index (κ1) is 16.5. The summed E-state index contributed by atoms with van der Waals surface area (Å²) >= 11 is 1.51. The highest BCUT2D eigenvalue weighted by molar-refractivity contribution is 7.09. The zero-order chi connectivity index (χ0) is 17.2. The Morgan fingerprint density at radius 1 is 1.20 bits per heavy atom. The van der Waals surface area contributed by atoms with Gasteiger partial charge in [-0.3, -0.25) is 4.79 Å². The van der Waals surface area contributed by atoms with Crippen LogP contribution >= 0.6 is 11.5 Å². The Bertz CT molecular complexity index is 730. The molecule has 1 aliphatic heterocycles. The van der Waals surface area contributed by atoms with Gasteiger partial charge in [0.25, 0.3) is 0 Å². The number of rotatable bonds is 5. The maximum absolute atomic E-state index is 12.4. The summed E-state index contributed by atoms with van der Waals surface area (Å²) in [5.74, 6) is 1.92. The van der Waals surface area contributed by atoms with E-state index in [1.54, 1.807) is 0 Å². The van der Waals surface area contributed by atoms with Crippen molar-refractivity contribution < 1.29 is 4.79 Å². The predicted molar refractivity (Wildman–Crippen MR) is 99.8 cm³/mol. The molecule has 132 valence electrons. The number of hydrogen-bond acceptors (Lipinski definition) is 5. The van der Waals surface area contributed by atoms with Gasteiger partial charge in [0, 0.05) is 43.0 Å². The zero-order valence-corrected chi connectivity index (χ0v) is 15.4. The van der Waals surface area contributed by atoms with Crippen LogP contribution in [0.4, 0.5) is 5.13 Å². The second-order valence-electron chi connectivity index (χ2n) is 7.17. The molecule has 0 atom stereocenters. The summed E-state index contributed by atoms with van der Waals surface area (Å²) in [6.45, 7) is 4.46. The van der Waals surface area contributed by atoms with E-state index in [0.717, 1.165) is 42.5 Å². The van der Waals surface area contributed by atoms with E-state index in [1.165, 1.54) is 29.9 Å². The Morgan fingerprint density at radius 3 is 2.60 bits per heavy atom. The number of carbonyl (C=O) groups is 1. The van der Waals surface area contributed by atoms with Crippen molar-refractivity contribution in [1.82, 2.24) is 14.7 Å². The molecular formula is C19H24N4OS. The van der Waals surface area contributed by atoms with Crippen LogP contribution < -0.4 is 10.2 Å². The average molecular weight is 356 g/mol. The molecule has 0 radical (unpaired) electrons. The van der Waals surface area contributed by atoms with E-state index < -0.39 is 0 Å². The first-order valence-corrected chi connectivity index (χ1v) is 9.88. The van der Waals surface area contributed by atoms with Crippen molar-refractivity contribution in [2.75, 3.05) is 18.0 Å². The minimum Gasteiger partial charge on any atom is -0.352 e. The van der Waals surface area contributed by atoms with Crippen LogP contribution in [-0.2, 0) is 11.3 Å². The van der Waals surface area contributed by atoms with Crippen molar-refractivity contribution in [1.29, 1.82) is 0 Å². The number of aryl methyl sites for hydroxylation is 1. The standard InChI is InChI=1S/C19H24N4OS/c1-13-2-4-14(5-3-13)12-20-18(24)16-8-10-23(11-9-16)19-21-17(22-25-19)15-6-7-15/h2-5,15-16H,6-12H2,1H3,(H,20,24). The topological polar surface area (TPSA) is 58.1 Å². The van der Waals surface area contributed by atoms with Crippen LogP contribution in [0.5, 0.6) is 0 Å². The number of hydrogen-bond donors (Lipinski definition) is 1. The predicted octanol–water partition coefficient (Wildman–Crippen LogP) is 3.26. The Morgan fingerprint density at radius 2 is 1.92 bits per heavy atom. The van der Waals surface area contributed by atoms with E-state index in [4.69, 9.17) is 0 Å². The Labute approximate surface area is 152 Å². The van der Waals surface area contributed by atoms with Gasteiger partial charge in [-0.1, -0.05) is 29.8 Å². The highest BCUT2D eigenvalue weighted by Gasteiger charge is 2.30. The van der Waals surface area contributed by atoms with E-state index in [2.05, 4.69) is 50.8 Å². The Kier molecular flexibility index (Phi) is 4.70. The van der Waals surface area contributed by atoms with E-state index in [9.17, 15) is 4.79 Å². The van der Waals surface area contributed by atoms with Crippen LogP contribution in [0.25, 0.3) is 0 Å². The molecule has 2 heterocycles. The number of carbonyl (C=O) groups excluding carboxylic acids is 1. The van der Waals surface area contributed by atoms with E-state index in [1.807, 2.05) is 0 Å². The molecule has 5 nitrogen and oxygen atoms in total. The molecule has 1 aromatic heterocycles. The van der Waals surface area contributed by atoms with Gasteiger partial charge in [-0.2, -0.15) is 4.37 Å². The minimum absolute atomic E-state index is 0.109. The molecule has 1 aliphatic carbocycles. The van der Waals surface area contributed by atoms with Crippen molar-refractivity contribution in [3.63, 3.8) is 0 Å². The fourth-order valence-corrected chi connectivity index (χ4v) is 4.03. The van der Waals surface area contributed by atoms with Crippen molar-refractivity contribution in [3.8, 4) is 0 Å². The summed E-state index contributed by atoms with van der Waals surface area (Å²) in [7, 11) is 0. The lowest BCUT2D eigenvalue weighted by Crippen LogP contribution is -2.40. The molecular weight excluding hydrogens is 332 g/mol. The lowest BCUT2D eigenvalue weighted by atomic mass is 9.96. The third kappa shape index (κ3) is 4.00. The molecule has 0 bridgehead atoms. The fraction of sp³-hybridized carbons (Fsp3) is 0.526. The van der Waals surface area contributed by atoms with Gasteiger partial charge in [-0.25, -0.2) is 4.98 Å². The van der Waals surface area contributed by atoms with Gasteiger partial charge < -0.3 is 10.2 Å². The molecule has 1 saturated carbocycles. The highest BCUT2D eigenvalue weighted by Crippen LogP contribution is 2.40. The Balaban J connectivity index is 1.25. The second-order valence-corrected chi connectivity index (χ2v) is 7.90. The largest absolute Gasteiger partial charge is 0.352 e. The number of benzene rings is 1. The molecule has 2 fully saturated rings. The van der Waals surface area contributed by atoms with Crippen LogP contribution in [0, 0.1) is 12.8 Å². The first-order chi connectivity index (χ1) is 12.2. The molecule has 0 spiro atoms. The summed E-state index contributed by atoms with van der Waals surface area (Å²) in [5, 5.41) is 4.12. The van der Waals surface area contributed by atoms with Gasteiger partial charge in [-0.05, 0) is 38.2 Å². The summed E-state index contributed by atoms with van der Waals surface area (Å²) < 4.78 is 4.49. The summed E-state index contributed by atoms with van der Waals surface area (Å²) in [5.41, 5.74) is 2.39. The molecule has 1 aromatic carbocycles. The monoisotopic (exact) mass is 356 g/mol. The van der Waals surface area contributed by atoms with Crippen LogP contribution in [0.15, 0.2) is 24.3 Å². The number of aromatic nitrogens is 2. The zero-order valence-electron chi connectivity index (χ0n) is 14.6. The highest BCUT2D eigenvalue weighted by atomic mass is 32.1. The van der Waals surface area contributed by atoms with Crippen molar-refractivity contribution in [2.45, 2.75) is 45.1 Å². The van der Waals surface area contributed by atoms with E-state index >= 15 is 0 Å². The number of nitrogens with one attached hydrogen (secondary N) is 1. The molecule has 0 unspecified atom stereocenters. The summed E-state index contributed by atoms with van der Waals surface area (Å²) in [4.78, 5) is 19.4. The average Bonchev–Trinajstić information content (AvgIpc) is 3.38. The van der Waals surface area contributed by atoms with Crippen LogP contribution in [0.1, 0.15) is 48.6 Å². The van der Waals surface area contributed by atoms with Gasteiger partial charge in [0.15, 0.2) is 0 Å². The fourth-order valence-electron chi connectivity index (χ4n) is 3.23. The van der Waals surface area contributed by atoms with Gasteiger partial charge in [0.1, 0.15) is 5.82 Å². The van der Waals surface area contributed by atoms with Crippen LogP contribution in [0.2, 0.25) is 0 Å². The van der Waals surface area contributed by atoms with E-state index in [0.29, 0.717) is 12.5 Å². The SMILES string of the molecule is Cc1ccc(CNC(=O)C2CCN(c3nc(C4CC4)ns3)CC2)cc1. The molecule has 1 amide bonds.